The van der Waals surface area contributed by atoms with E-state index >= 15 is 0 Å². The van der Waals surface area contributed by atoms with Crippen LogP contribution in [0.2, 0.25) is 0 Å². The summed E-state index contributed by atoms with van der Waals surface area (Å²) in [5, 5.41) is 5.73. The van der Waals surface area contributed by atoms with E-state index in [0.29, 0.717) is 17.9 Å². The Morgan fingerprint density at radius 3 is 2.40 bits per heavy atom. The topological polar surface area (TPSA) is 50.4 Å². The summed E-state index contributed by atoms with van der Waals surface area (Å²) in [5.74, 6) is 0. The second-order valence-electron chi connectivity index (χ2n) is 5.36. The van der Waals surface area contributed by atoms with Gasteiger partial charge in [0.1, 0.15) is 0 Å². The van der Waals surface area contributed by atoms with E-state index in [2.05, 4.69) is 10.6 Å². The van der Waals surface area contributed by atoms with Gasteiger partial charge in [-0.2, -0.15) is 13.2 Å². The van der Waals surface area contributed by atoms with Crippen molar-refractivity contribution in [3.05, 3.63) is 59.2 Å². The molecule has 134 valence electrons. The van der Waals surface area contributed by atoms with Crippen molar-refractivity contribution in [2.75, 3.05) is 17.2 Å². The second kappa shape index (κ2) is 7.92. The van der Waals surface area contributed by atoms with Crippen molar-refractivity contribution in [1.82, 2.24) is 0 Å². The van der Waals surface area contributed by atoms with Gasteiger partial charge in [0.05, 0.1) is 12.2 Å². The molecule has 0 unspecified atom stereocenters. The highest BCUT2D eigenvalue weighted by Crippen LogP contribution is 2.30. The Morgan fingerprint density at radius 2 is 1.80 bits per heavy atom. The molecule has 0 spiro atoms. The zero-order valence-corrected chi connectivity index (χ0v) is 13.9. The van der Waals surface area contributed by atoms with Crippen LogP contribution in [0.1, 0.15) is 23.6 Å². The molecule has 0 radical (unpaired) electrons. The van der Waals surface area contributed by atoms with Crippen molar-refractivity contribution in [3.63, 3.8) is 0 Å². The molecular weight excluding hydrogens is 333 g/mol. The predicted octanol–water partition coefficient (Wildman–Crippen LogP) is 5.19. The molecule has 4 nitrogen and oxygen atoms in total. The van der Waals surface area contributed by atoms with E-state index in [9.17, 15) is 18.0 Å². The maximum Gasteiger partial charge on any atom is 0.416 e. The number of halogens is 3. The van der Waals surface area contributed by atoms with Gasteiger partial charge in [0.25, 0.3) is 0 Å². The highest BCUT2D eigenvalue weighted by Gasteiger charge is 2.29. The lowest BCUT2D eigenvalue weighted by Crippen LogP contribution is -2.15. The molecule has 7 heteroatoms. The number of amides is 1. The predicted molar refractivity (Wildman–Crippen MR) is 90.6 cm³/mol. The fourth-order valence-electron chi connectivity index (χ4n) is 2.26. The van der Waals surface area contributed by atoms with E-state index in [0.717, 1.165) is 23.3 Å². The first-order valence-electron chi connectivity index (χ1n) is 7.74. The summed E-state index contributed by atoms with van der Waals surface area (Å²) in [6, 6.07) is 10.3. The molecular formula is C18H19F3N2O2. The highest BCUT2D eigenvalue weighted by molar-refractivity contribution is 5.85. The van der Waals surface area contributed by atoms with Crippen LogP contribution in [0.3, 0.4) is 0 Å². The molecule has 0 saturated heterocycles. The summed E-state index contributed by atoms with van der Waals surface area (Å²) in [6.07, 6.45) is -4.87. The van der Waals surface area contributed by atoms with Gasteiger partial charge < -0.3 is 10.1 Å². The Hall–Kier alpha value is -2.70. The minimum absolute atomic E-state index is 0.278. The number of alkyl halides is 3. The van der Waals surface area contributed by atoms with E-state index in [1.807, 2.05) is 13.0 Å². The van der Waals surface area contributed by atoms with Gasteiger partial charge in [0.2, 0.25) is 0 Å². The molecule has 2 rings (SSSR count). The van der Waals surface area contributed by atoms with Crippen LogP contribution in [0.4, 0.5) is 29.3 Å². The fourth-order valence-corrected chi connectivity index (χ4v) is 2.26. The van der Waals surface area contributed by atoms with Gasteiger partial charge in [-0.3, -0.25) is 5.32 Å². The largest absolute Gasteiger partial charge is 0.450 e. The third-order valence-electron chi connectivity index (χ3n) is 3.65. The van der Waals surface area contributed by atoms with Crippen LogP contribution < -0.4 is 10.6 Å². The molecule has 0 aliphatic heterocycles. The van der Waals surface area contributed by atoms with E-state index in [4.69, 9.17) is 4.74 Å². The van der Waals surface area contributed by atoms with Gasteiger partial charge in [-0.1, -0.05) is 12.1 Å². The summed E-state index contributed by atoms with van der Waals surface area (Å²) in [6.45, 7) is 4.26. The Balaban J connectivity index is 2.04. The van der Waals surface area contributed by atoms with Crippen molar-refractivity contribution in [3.8, 4) is 0 Å². The normalized spacial score (nSPS) is 11.1. The lowest BCUT2D eigenvalue weighted by Gasteiger charge is -2.14. The van der Waals surface area contributed by atoms with Crippen molar-refractivity contribution in [1.29, 1.82) is 0 Å². The Labute approximate surface area is 144 Å². The Bertz CT molecular complexity index is 728. The van der Waals surface area contributed by atoms with Gasteiger partial charge in [-0.25, -0.2) is 4.79 Å². The molecule has 0 aromatic heterocycles. The summed E-state index contributed by atoms with van der Waals surface area (Å²) in [7, 11) is 0. The molecule has 2 aromatic rings. The first-order chi connectivity index (χ1) is 11.8. The van der Waals surface area contributed by atoms with Crippen molar-refractivity contribution in [2.45, 2.75) is 26.6 Å². The lowest BCUT2D eigenvalue weighted by molar-refractivity contribution is -0.137. The van der Waals surface area contributed by atoms with Crippen LogP contribution in [-0.2, 0) is 17.5 Å². The van der Waals surface area contributed by atoms with Crippen LogP contribution in [0.15, 0.2) is 42.5 Å². The van der Waals surface area contributed by atoms with Gasteiger partial charge in [0, 0.05) is 17.9 Å². The minimum Gasteiger partial charge on any atom is -0.450 e. The first kappa shape index (κ1) is 18.6. The van der Waals surface area contributed by atoms with Crippen molar-refractivity contribution in [2.24, 2.45) is 0 Å². The third kappa shape index (κ3) is 5.14. The van der Waals surface area contributed by atoms with Crippen LogP contribution in [0.5, 0.6) is 0 Å². The standard InChI is InChI=1S/C18H19F3N2O2/c1-3-25-17(24)23-16-6-4-5-13(12(16)2)11-22-15-9-7-14(8-10-15)18(19,20)21/h4-10,22H,3,11H2,1-2H3,(H,23,24). The molecule has 0 aliphatic rings. The maximum absolute atomic E-state index is 12.6. The maximum atomic E-state index is 12.6. The highest BCUT2D eigenvalue weighted by atomic mass is 19.4. The smallest absolute Gasteiger partial charge is 0.416 e. The first-order valence-corrected chi connectivity index (χ1v) is 7.74. The van der Waals surface area contributed by atoms with Crippen LogP contribution in [0, 0.1) is 6.92 Å². The van der Waals surface area contributed by atoms with E-state index in [-0.39, 0.29) is 6.61 Å². The molecule has 2 aromatic carbocycles. The van der Waals surface area contributed by atoms with Crippen LogP contribution in [-0.4, -0.2) is 12.7 Å². The molecule has 2 N–H and O–H groups in total. The molecule has 0 saturated carbocycles. The average Bonchev–Trinajstić information content (AvgIpc) is 2.55. The second-order valence-corrected chi connectivity index (χ2v) is 5.36. The molecule has 0 fully saturated rings. The van der Waals surface area contributed by atoms with E-state index < -0.39 is 17.8 Å². The van der Waals surface area contributed by atoms with Gasteiger partial charge in [0.15, 0.2) is 0 Å². The molecule has 25 heavy (non-hydrogen) atoms. The number of carbonyl (C=O) groups is 1. The lowest BCUT2D eigenvalue weighted by atomic mass is 10.1. The summed E-state index contributed by atoms with van der Waals surface area (Å²) in [4.78, 5) is 11.5. The van der Waals surface area contributed by atoms with E-state index in [1.165, 1.54) is 12.1 Å². The summed E-state index contributed by atoms with van der Waals surface area (Å²) in [5.41, 5.74) is 2.29. The molecule has 1 amide bonds. The number of rotatable bonds is 5. The quantitative estimate of drug-likeness (QED) is 0.778. The monoisotopic (exact) mass is 352 g/mol. The number of nitrogens with one attached hydrogen (secondary N) is 2. The molecule has 0 atom stereocenters. The molecule has 0 aliphatic carbocycles. The molecule has 0 heterocycles. The number of anilines is 2. The van der Waals surface area contributed by atoms with Crippen molar-refractivity contribution < 1.29 is 22.7 Å². The summed E-state index contributed by atoms with van der Waals surface area (Å²) >= 11 is 0. The average molecular weight is 352 g/mol. The number of hydrogen-bond acceptors (Lipinski definition) is 3. The van der Waals surface area contributed by atoms with Gasteiger partial charge in [-0.15, -0.1) is 0 Å². The van der Waals surface area contributed by atoms with E-state index in [1.54, 1.807) is 19.1 Å². The minimum atomic E-state index is -4.35. The van der Waals surface area contributed by atoms with Crippen molar-refractivity contribution >= 4 is 17.5 Å². The number of carbonyl (C=O) groups excluding carboxylic acids is 1. The number of ether oxygens (including phenoxy) is 1. The summed E-state index contributed by atoms with van der Waals surface area (Å²) < 4.78 is 42.5. The Kier molecular flexibility index (Phi) is 5.90. The molecule has 0 bridgehead atoms. The third-order valence-corrected chi connectivity index (χ3v) is 3.65. The van der Waals surface area contributed by atoms with Gasteiger partial charge in [-0.05, 0) is 55.3 Å². The van der Waals surface area contributed by atoms with Crippen LogP contribution >= 0.6 is 0 Å². The fraction of sp³-hybridized carbons (Fsp3) is 0.278. The number of benzene rings is 2. The Morgan fingerprint density at radius 1 is 1.12 bits per heavy atom. The van der Waals surface area contributed by atoms with Crippen LogP contribution in [0.25, 0.3) is 0 Å². The zero-order chi connectivity index (χ0) is 18.4. The van der Waals surface area contributed by atoms with Gasteiger partial charge >= 0.3 is 12.3 Å². The SMILES string of the molecule is CCOC(=O)Nc1cccc(CNc2ccc(C(F)(F)F)cc2)c1C. The number of hydrogen-bond donors (Lipinski definition) is 2. The zero-order valence-electron chi connectivity index (χ0n) is 13.9.